The molecule has 9 heteroatoms. The molecule has 0 saturated heterocycles. The predicted molar refractivity (Wildman–Crippen MR) is 106 cm³/mol. The van der Waals surface area contributed by atoms with Gasteiger partial charge in [0.25, 0.3) is 5.91 Å². The van der Waals surface area contributed by atoms with Gasteiger partial charge in [-0.2, -0.15) is 0 Å². The van der Waals surface area contributed by atoms with Gasteiger partial charge in [-0.3, -0.25) is 14.4 Å². The molecule has 0 fully saturated rings. The van der Waals surface area contributed by atoms with Crippen molar-refractivity contribution in [2.75, 3.05) is 24.6 Å². The number of hydrogen-bond acceptors (Lipinski definition) is 6. The summed E-state index contributed by atoms with van der Waals surface area (Å²) in [7, 11) is 0. The average Bonchev–Trinajstić information content (AvgIpc) is 2.45. The van der Waals surface area contributed by atoms with Crippen LogP contribution in [0, 0.1) is 0 Å². The lowest BCUT2D eigenvalue weighted by Crippen LogP contribution is -2.40. The van der Waals surface area contributed by atoms with Gasteiger partial charge < -0.3 is 15.2 Å². The van der Waals surface area contributed by atoms with Gasteiger partial charge in [-0.1, -0.05) is 0 Å². The number of carbonyl (C=O) groups is 3. The fourth-order valence-electron chi connectivity index (χ4n) is 1.91. The molecule has 0 aromatic heterocycles. The van der Waals surface area contributed by atoms with Crippen molar-refractivity contribution in [2.45, 2.75) is 72.0 Å². The smallest absolute Gasteiger partial charge is 0.407 e. The largest absolute Gasteiger partial charge is 0.481 e. The summed E-state index contributed by atoms with van der Waals surface area (Å²) in [5, 5.41) is 12.7. The Morgan fingerprint density at radius 3 is 2.11 bits per heavy atom. The molecule has 0 aromatic rings. The van der Waals surface area contributed by atoms with Gasteiger partial charge in [0.05, 0.1) is 17.1 Å². The lowest BCUT2D eigenvalue weighted by Gasteiger charge is -2.29. The van der Waals surface area contributed by atoms with Gasteiger partial charge in [0.1, 0.15) is 5.60 Å². The molecule has 0 aliphatic heterocycles. The number of carbonyl (C=O) groups excluding carboxylic acids is 2. The Labute approximate surface area is 166 Å². The Kier molecular flexibility index (Phi) is 11.4. The van der Waals surface area contributed by atoms with Crippen LogP contribution in [0.2, 0.25) is 0 Å². The van der Waals surface area contributed by atoms with E-state index in [0.29, 0.717) is 19.5 Å². The van der Waals surface area contributed by atoms with Gasteiger partial charge in [0, 0.05) is 13.1 Å². The number of hydrogen-bond donors (Lipinski definition) is 2. The van der Waals surface area contributed by atoms with Gasteiger partial charge in [-0.25, -0.2) is 9.86 Å². The quantitative estimate of drug-likeness (QED) is 0.401. The third-order valence-corrected chi connectivity index (χ3v) is 3.72. The van der Waals surface area contributed by atoms with Crippen molar-refractivity contribution >= 4 is 29.7 Å². The third kappa shape index (κ3) is 16.4. The highest BCUT2D eigenvalue weighted by Gasteiger charge is 2.22. The molecule has 27 heavy (non-hydrogen) atoms. The minimum Gasteiger partial charge on any atom is -0.481 e. The second-order valence-corrected chi connectivity index (χ2v) is 9.06. The van der Waals surface area contributed by atoms with E-state index in [1.165, 1.54) is 5.06 Å². The SMILES string of the molecule is CC(C)(C)OC(=O)NCCCCCN(OC(C)(C)C)C(=O)CSCC(=O)O. The number of rotatable bonds is 11. The molecule has 2 amide bonds. The molecule has 0 aliphatic carbocycles. The van der Waals surface area contributed by atoms with Crippen LogP contribution < -0.4 is 5.32 Å². The van der Waals surface area contributed by atoms with E-state index in [0.717, 1.165) is 24.6 Å². The minimum absolute atomic E-state index is 0.0581. The summed E-state index contributed by atoms with van der Waals surface area (Å²) in [6, 6.07) is 0. The first-order valence-corrected chi connectivity index (χ1v) is 10.2. The van der Waals surface area contributed by atoms with E-state index in [4.69, 9.17) is 14.7 Å². The fraction of sp³-hybridized carbons (Fsp3) is 0.833. The first kappa shape index (κ1) is 25.5. The number of thioether (sulfide) groups is 1. The van der Waals surface area contributed by atoms with Crippen molar-refractivity contribution in [3.8, 4) is 0 Å². The molecule has 0 aliphatic rings. The second-order valence-electron chi connectivity index (χ2n) is 8.08. The maximum atomic E-state index is 12.3. The highest BCUT2D eigenvalue weighted by atomic mass is 32.2. The zero-order chi connectivity index (χ0) is 21.1. The number of carboxylic acid groups (broad SMARTS) is 1. The van der Waals surface area contributed by atoms with Crippen molar-refractivity contribution in [2.24, 2.45) is 0 Å². The Hall–Kier alpha value is -1.48. The summed E-state index contributed by atoms with van der Waals surface area (Å²) < 4.78 is 5.16. The van der Waals surface area contributed by atoms with Crippen LogP contribution in [-0.4, -0.2) is 63.9 Å². The molecule has 0 aromatic carbocycles. The van der Waals surface area contributed by atoms with Gasteiger partial charge >= 0.3 is 12.1 Å². The summed E-state index contributed by atoms with van der Waals surface area (Å²) in [4.78, 5) is 40.1. The molecular formula is C18H34N2O6S. The minimum atomic E-state index is -0.950. The Morgan fingerprint density at radius 1 is 0.963 bits per heavy atom. The van der Waals surface area contributed by atoms with Crippen molar-refractivity contribution in [3.05, 3.63) is 0 Å². The molecule has 0 spiro atoms. The predicted octanol–water partition coefficient (Wildman–Crippen LogP) is 3.06. The number of alkyl carbamates (subject to hydrolysis) is 1. The maximum absolute atomic E-state index is 12.3. The van der Waals surface area contributed by atoms with Crippen LogP contribution in [0.15, 0.2) is 0 Å². The van der Waals surface area contributed by atoms with Crippen molar-refractivity contribution in [3.63, 3.8) is 0 Å². The Balaban J connectivity index is 4.20. The van der Waals surface area contributed by atoms with Crippen LogP contribution in [0.3, 0.4) is 0 Å². The van der Waals surface area contributed by atoms with Gasteiger partial charge in [0.2, 0.25) is 0 Å². The molecule has 2 N–H and O–H groups in total. The van der Waals surface area contributed by atoms with Gasteiger partial charge in [0.15, 0.2) is 0 Å². The fourth-order valence-corrected chi connectivity index (χ4v) is 2.51. The third-order valence-electron chi connectivity index (χ3n) is 2.82. The van der Waals surface area contributed by atoms with Gasteiger partial charge in [-0.15, -0.1) is 11.8 Å². The number of ether oxygens (including phenoxy) is 1. The van der Waals surface area contributed by atoms with E-state index in [2.05, 4.69) is 5.32 Å². The second kappa shape index (κ2) is 12.1. The summed E-state index contributed by atoms with van der Waals surface area (Å²) in [6.07, 6.45) is 1.83. The first-order valence-electron chi connectivity index (χ1n) is 9.06. The molecule has 0 atom stereocenters. The zero-order valence-electron chi connectivity index (χ0n) is 17.3. The van der Waals surface area contributed by atoms with E-state index in [9.17, 15) is 14.4 Å². The van der Waals surface area contributed by atoms with Crippen LogP contribution in [0.5, 0.6) is 0 Å². The standard InChI is InChI=1S/C18H34N2O6S/c1-17(2,3)25-16(24)19-10-8-7-9-11-20(26-18(4,5)6)14(21)12-27-13-15(22)23/h7-13H2,1-6H3,(H,19,24)(H,22,23). The first-order chi connectivity index (χ1) is 12.3. The van der Waals surface area contributed by atoms with Crippen molar-refractivity contribution in [1.29, 1.82) is 0 Å². The van der Waals surface area contributed by atoms with E-state index in [1.807, 2.05) is 41.5 Å². The number of carboxylic acids is 1. The highest BCUT2D eigenvalue weighted by Crippen LogP contribution is 2.14. The van der Waals surface area contributed by atoms with E-state index < -0.39 is 23.3 Å². The maximum Gasteiger partial charge on any atom is 0.407 e. The number of aliphatic carboxylic acids is 1. The molecular weight excluding hydrogens is 372 g/mol. The topological polar surface area (TPSA) is 105 Å². The van der Waals surface area contributed by atoms with E-state index in [-0.39, 0.29) is 17.4 Å². The normalized spacial score (nSPS) is 11.8. The summed E-state index contributed by atoms with van der Waals surface area (Å²) in [5.74, 6) is -1.26. The lowest BCUT2D eigenvalue weighted by atomic mass is 10.2. The number of nitrogens with one attached hydrogen (secondary N) is 1. The highest BCUT2D eigenvalue weighted by molar-refractivity contribution is 8.00. The lowest BCUT2D eigenvalue weighted by molar-refractivity contribution is -0.225. The molecule has 0 rings (SSSR count). The molecule has 158 valence electrons. The average molecular weight is 407 g/mol. The Morgan fingerprint density at radius 2 is 1.59 bits per heavy atom. The summed E-state index contributed by atoms with van der Waals surface area (Å²) >= 11 is 1.05. The number of hydroxylamine groups is 2. The molecule has 0 heterocycles. The van der Waals surface area contributed by atoms with Crippen LogP contribution in [0.4, 0.5) is 4.79 Å². The van der Waals surface area contributed by atoms with E-state index in [1.54, 1.807) is 0 Å². The molecule has 0 radical (unpaired) electrons. The monoisotopic (exact) mass is 406 g/mol. The van der Waals surface area contributed by atoms with Crippen LogP contribution in [-0.2, 0) is 19.2 Å². The van der Waals surface area contributed by atoms with Crippen molar-refractivity contribution < 1.29 is 29.1 Å². The summed E-state index contributed by atoms with van der Waals surface area (Å²) in [6.45, 7) is 11.9. The number of nitrogens with zero attached hydrogens (tertiary/aromatic N) is 1. The molecule has 0 saturated carbocycles. The van der Waals surface area contributed by atoms with E-state index >= 15 is 0 Å². The van der Waals surface area contributed by atoms with Crippen molar-refractivity contribution in [1.82, 2.24) is 10.4 Å². The van der Waals surface area contributed by atoms with Gasteiger partial charge in [-0.05, 0) is 60.8 Å². The number of unbranched alkanes of at least 4 members (excludes halogenated alkanes) is 2. The summed E-state index contributed by atoms with van der Waals surface area (Å²) in [5.41, 5.74) is -1.04. The molecule has 0 bridgehead atoms. The van der Waals surface area contributed by atoms with Crippen LogP contribution in [0.25, 0.3) is 0 Å². The molecule has 8 nitrogen and oxygen atoms in total. The zero-order valence-corrected chi connectivity index (χ0v) is 18.1. The molecule has 0 unspecified atom stereocenters. The van der Waals surface area contributed by atoms with Crippen LogP contribution >= 0.6 is 11.8 Å². The number of amides is 2. The van der Waals surface area contributed by atoms with Crippen LogP contribution in [0.1, 0.15) is 60.8 Å². The Bertz CT molecular complexity index is 485.